The minimum atomic E-state index is -2.98. The summed E-state index contributed by atoms with van der Waals surface area (Å²) in [5, 5.41) is 3.34. The van der Waals surface area contributed by atoms with E-state index in [0.717, 1.165) is 0 Å². The lowest BCUT2D eigenvalue weighted by Gasteiger charge is -2.12. The topological polar surface area (TPSA) is 86.1 Å². The first-order valence-electron chi connectivity index (χ1n) is 4.15. The van der Waals surface area contributed by atoms with E-state index in [-0.39, 0.29) is 5.75 Å². The number of sulfonamides is 1. The highest BCUT2D eigenvalue weighted by atomic mass is 32.2. The monoisotopic (exact) mass is 204 g/mol. The van der Waals surface area contributed by atoms with Gasteiger partial charge in [-0.15, -0.1) is 0 Å². The van der Waals surface area contributed by atoms with Crippen LogP contribution < -0.4 is 0 Å². The predicted molar refractivity (Wildman–Crippen MR) is 48.6 cm³/mol. The molecular weight excluding hydrogens is 192 g/mol. The van der Waals surface area contributed by atoms with Crippen LogP contribution in [0.3, 0.4) is 0 Å². The Morgan fingerprint density at radius 1 is 1.54 bits per heavy atom. The van der Waals surface area contributed by atoms with E-state index in [2.05, 4.69) is 10.0 Å². The lowest BCUT2D eigenvalue weighted by molar-refractivity contribution is 0.438. The minimum Gasteiger partial charge on any atom is -0.212 e. The first-order chi connectivity index (χ1) is 6.17. The molecule has 0 N–H and O–H groups in total. The summed E-state index contributed by atoms with van der Waals surface area (Å²) in [5.74, 6) is 0.258. The van der Waals surface area contributed by atoms with Gasteiger partial charge < -0.3 is 0 Å². The molecular formula is C6H12N4O2S. The number of nitrogens with zero attached hydrogens (tertiary/aromatic N) is 4. The van der Waals surface area contributed by atoms with Crippen molar-refractivity contribution in [1.29, 1.82) is 0 Å². The van der Waals surface area contributed by atoms with Gasteiger partial charge in [-0.05, 0) is 18.4 Å². The molecule has 1 heterocycles. The summed E-state index contributed by atoms with van der Waals surface area (Å²) in [7, 11) is -2.98. The van der Waals surface area contributed by atoms with E-state index < -0.39 is 10.0 Å². The average Bonchev–Trinajstić information content (AvgIpc) is 2.40. The van der Waals surface area contributed by atoms with Crippen molar-refractivity contribution in [2.24, 2.45) is 5.11 Å². The fourth-order valence-electron chi connectivity index (χ4n) is 1.30. The summed E-state index contributed by atoms with van der Waals surface area (Å²) < 4.78 is 24.0. The van der Waals surface area contributed by atoms with Gasteiger partial charge in [0.25, 0.3) is 0 Å². The SMILES string of the molecule is [N-]=[N+]=NCCCN1CCCS1(=O)=O. The first kappa shape index (κ1) is 10.3. The molecule has 1 rings (SSSR count). The molecule has 1 aliphatic heterocycles. The zero-order valence-corrected chi connectivity index (χ0v) is 8.07. The number of hydrogen-bond acceptors (Lipinski definition) is 3. The molecule has 1 saturated heterocycles. The van der Waals surface area contributed by atoms with Crippen LogP contribution in [0.5, 0.6) is 0 Å². The van der Waals surface area contributed by atoms with Crippen molar-refractivity contribution >= 4 is 10.0 Å². The molecule has 1 fully saturated rings. The fraction of sp³-hybridized carbons (Fsp3) is 1.00. The van der Waals surface area contributed by atoms with Gasteiger partial charge in [-0.2, -0.15) is 0 Å². The molecule has 6 nitrogen and oxygen atoms in total. The van der Waals surface area contributed by atoms with Gasteiger partial charge in [0, 0.05) is 24.5 Å². The van der Waals surface area contributed by atoms with Crippen LogP contribution in [0.15, 0.2) is 5.11 Å². The normalized spacial score (nSPS) is 21.2. The van der Waals surface area contributed by atoms with Crippen LogP contribution in [-0.2, 0) is 10.0 Å². The zero-order chi connectivity index (χ0) is 9.73. The summed E-state index contributed by atoms with van der Waals surface area (Å²) in [5.41, 5.74) is 7.99. The third-order valence-corrected chi connectivity index (χ3v) is 3.89. The Morgan fingerprint density at radius 2 is 2.31 bits per heavy atom. The van der Waals surface area contributed by atoms with Crippen molar-refractivity contribution in [1.82, 2.24) is 4.31 Å². The Hall–Kier alpha value is -0.780. The Kier molecular flexibility index (Phi) is 3.53. The van der Waals surface area contributed by atoms with Gasteiger partial charge in [0.05, 0.1) is 5.75 Å². The van der Waals surface area contributed by atoms with E-state index in [1.165, 1.54) is 4.31 Å². The van der Waals surface area contributed by atoms with Crippen molar-refractivity contribution in [3.63, 3.8) is 0 Å². The third-order valence-electron chi connectivity index (χ3n) is 1.93. The maximum absolute atomic E-state index is 11.2. The van der Waals surface area contributed by atoms with Crippen LogP contribution in [0.2, 0.25) is 0 Å². The minimum absolute atomic E-state index is 0.258. The van der Waals surface area contributed by atoms with Gasteiger partial charge in [-0.3, -0.25) is 0 Å². The van der Waals surface area contributed by atoms with Gasteiger partial charge in [0.2, 0.25) is 10.0 Å². The molecule has 0 bridgehead atoms. The van der Waals surface area contributed by atoms with Crippen LogP contribution >= 0.6 is 0 Å². The zero-order valence-electron chi connectivity index (χ0n) is 7.26. The lowest BCUT2D eigenvalue weighted by atomic mass is 10.4. The molecule has 0 radical (unpaired) electrons. The van der Waals surface area contributed by atoms with Crippen molar-refractivity contribution in [2.45, 2.75) is 12.8 Å². The van der Waals surface area contributed by atoms with Crippen LogP contribution in [0, 0.1) is 0 Å². The molecule has 0 spiro atoms. The van der Waals surface area contributed by atoms with Crippen molar-refractivity contribution in [2.75, 3.05) is 25.4 Å². The molecule has 13 heavy (non-hydrogen) atoms. The summed E-state index contributed by atoms with van der Waals surface area (Å²) in [6, 6.07) is 0. The van der Waals surface area contributed by atoms with E-state index in [0.29, 0.717) is 32.5 Å². The van der Waals surface area contributed by atoms with E-state index in [1.807, 2.05) is 0 Å². The maximum Gasteiger partial charge on any atom is 0.214 e. The van der Waals surface area contributed by atoms with E-state index in [9.17, 15) is 8.42 Å². The highest BCUT2D eigenvalue weighted by Crippen LogP contribution is 2.13. The van der Waals surface area contributed by atoms with Gasteiger partial charge in [0.1, 0.15) is 0 Å². The molecule has 0 saturated carbocycles. The van der Waals surface area contributed by atoms with Crippen molar-refractivity contribution in [3.05, 3.63) is 10.4 Å². The first-order valence-corrected chi connectivity index (χ1v) is 5.76. The Balaban J connectivity index is 2.33. The smallest absolute Gasteiger partial charge is 0.212 e. The molecule has 0 aromatic heterocycles. The molecule has 0 aromatic rings. The van der Waals surface area contributed by atoms with Crippen LogP contribution in [0.4, 0.5) is 0 Å². The number of rotatable bonds is 4. The fourth-order valence-corrected chi connectivity index (χ4v) is 2.87. The molecule has 0 unspecified atom stereocenters. The summed E-state index contributed by atoms with van der Waals surface area (Å²) in [4.78, 5) is 2.59. The predicted octanol–water partition coefficient (Wildman–Crippen LogP) is 0.722. The average molecular weight is 204 g/mol. The van der Waals surface area contributed by atoms with Gasteiger partial charge in [-0.1, -0.05) is 5.11 Å². The molecule has 0 aliphatic carbocycles. The second-order valence-electron chi connectivity index (χ2n) is 2.88. The third kappa shape index (κ3) is 2.87. The number of hydrogen-bond donors (Lipinski definition) is 0. The molecule has 0 amide bonds. The van der Waals surface area contributed by atoms with Crippen LogP contribution in [0.1, 0.15) is 12.8 Å². The van der Waals surface area contributed by atoms with Gasteiger partial charge in [-0.25, -0.2) is 12.7 Å². The summed E-state index contributed by atoms with van der Waals surface area (Å²) in [6.45, 7) is 1.45. The van der Waals surface area contributed by atoms with E-state index in [4.69, 9.17) is 5.53 Å². The lowest BCUT2D eigenvalue weighted by Crippen LogP contribution is -2.27. The Morgan fingerprint density at radius 3 is 2.85 bits per heavy atom. The van der Waals surface area contributed by atoms with Gasteiger partial charge >= 0.3 is 0 Å². The largest absolute Gasteiger partial charge is 0.214 e. The van der Waals surface area contributed by atoms with E-state index >= 15 is 0 Å². The molecule has 74 valence electrons. The second-order valence-corrected chi connectivity index (χ2v) is 4.97. The number of azide groups is 1. The van der Waals surface area contributed by atoms with Crippen molar-refractivity contribution < 1.29 is 8.42 Å². The van der Waals surface area contributed by atoms with Gasteiger partial charge in [0.15, 0.2) is 0 Å². The Bertz CT molecular complexity index is 307. The molecule has 7 heteroatoms. The summed E-state index contributed by atoms with van der Waals surface area (Å²) in [6.07, 6.45) is 1.31. The highest BCUT2D eigenvalue weighted by Gasteiger charge is 2.26. The standard InChI is InChI=1S/C6H12N4O2S/c7-9-8-3-1-4-10-5-2-6-13(10,11)12/h1-6H2. The van der Waals surface area contributed by atoms with Crippen molar-refractivity contribution in [3.8, 4) is 0 Å². The van der Waals surface area contributed by atoms with Crippen LogP contribution in [0.25, 0.3) is 10.4 Å². The molecule has 0 atom stereocenters. The quantitative estimate of drug-likeness (QED) is 0.292. The van der Waals surface area contributed by atoms with Crippen LogP contribution in [-0.4, -0.2) is 38.1 Å². The molecule has 1 aliphatic rings. The van der Waals surface area contributed by atoms with E-state index in [1.54, 1.807) is 0 Å². The maximum atomic E-state index is 11.2. The summed E-state index contributed by atoms with van der Waals surface area (Å²) >= 11 is 0. The second kappa shape index (κ2) is 4.45. The Labute approximate surface area is 77.2 Å². The highest BCUT2D eigenvalue weighted by molar-refractivity contribution is 7.89. The molecule has 0 aromatic carbocycles.